The molecular weight excluding hydrogens is 887 g/mol. The minimum absolute atomic E-state index is 0.183. The van der Waals surface area contributed by atoms with Crippen molar-refractivity contribution in [2.24, 2.45) is 0 Å². The van der Waals surface area contributed by atoms with Crippen LogP contribution < -0.4 is 0 Å². The van der Waals surface area contributed by atoms with Crippen molar-refractivity contribution in [3.8, 4) is 0 Å². The summed E-state index contributed by atoms with van der Waals surface area (Å²) in [5, 5.41) is 9.70. The second kappa shape index (κ2) is 53.5. The highest BCUT2D eigenvalue weighted by atomic mass is 16.7. The predicted octanol–water partition coefficient (Wildman–Crippen LogP) is 17.5. The summed E-state index contributed by atoms with van der Waals surface area (Å²) in [6.45, 7) is 4.88. The van der Waals surface area contributed by atoms with Crippen LogP contribution in [0.4, 0.5) is 0 Å². The van der Waals surface area contributed by atoms with Crippen LogP contribution in [-0.4, -0.2) is 87.4 Å². The normalized spacial score (nSPS) is 13.1. The van der Waals surface area contributed by atoms with Gasteiger partial charge in [-0.25, -0.2) is 4.79 Å². The van der Waals surface area contributed by atoms with Crippen LogP contribution in [0.5, 0.6) is 0 Å². The Morgan fingerprint density at radius 3 is 1.14 bits per heavy atom. The van der Waals surface area contributed by atoms with Crippen LogP contribution in [0.1, 0.15) is 271 Å². The minimum atomic E-state index is -1.51. The fourth-order valence-electron chi connectivity index (χ4n) is 8.43. The molecule has 0 saturated heterocycles. The zero-order valence-electron chi connectivity index (χ0n) is 47.1. The summed E-state index contributed by atoms with van der Waals surface area (Å²) in [6.07, 6.45) is 63.3. The number of hydrogen-bond acceptors (Lipinski definition) is 7. The number of aliphatic carboxylic acids is 1. The Morgan fingerprint density at radius 1 is 0.423 bits per heavy atom. The van der Waals surface area contributed by atoms with Gasteiger partial charge >= 0.3 is 17.9 Å². The molecule has 0 aromatic rings. The highest BCUT2D eigenvalue weighted by Gasteiger charge is 2.25. The summed E-state index contributed by atoms with van der Waals surface area (Å²) in [6, 6.07) is 0. The average Bonchev–Trinajstić information content (AvgIpc) is 3.34. The molecule has 2 unspecified atom stereocenters. The van der Waals surface area contributed by atoms with E-state index in [9.17, 15) is 19.5 Å². The van der Waals surface area contributed by atoms with E-state index in [1.165, 1.54) is 193 Å². The van der Waals surface area contributed by atoms with Crippen molar-refractivity contribution in [2.45, 2.75) is 283 Å². The number of carboxylic acid groups (broad SMARTS) is 1. The summed E-state index contributed by atoms with van der Waals surface area (Å²) >= 11 is 0. The highest BCUT2D eigenvalue weighted by molar-refractivity contribution is 5.71. The van der Waals surface area contributed by atoms with E-state index in [4.69, 9.17) is 18.9 Å². The number of carbonyl (C=O) groups excluding carboxylic acids is 2. The molecule has 0 fully saturated rings. The number of esters is 2. The topological polar surface area (TPSA) is 108 Å². The standard InChI is InChI=1S/C62H113NO8/c1-6-8-10-12-14-16-18-20-22-24-25-26-27-28-29-30-31-32-33-34-35-37-39-41-43-45-47-49-51-53-60(65)71-58(57-70-62(61(66)67)68-55-54-63(3,4)5)56-69-59(64)52-50-48-46-44-42-40-38-36-23-21-19-17-15-13-11-9-7-2/h18,20-21,23-25,27-28,58,62H,6-17,19,22,26,29-57H2,1-5H3/p+1/b20-18-,23-21-,25-24-,28-27-. The molecule has 0 radical (unpaired) electrons. The molecule has 9 nitrogen and oxygen atoms in total. The SMILES string of the molecule is CCCCCCC/C=C\C/C=C\C/C=C\CCCCCCCCCCCCCCCCC(=O)OC(COC(=O)CCCCCCCCC/C=C\CCCCCCCC)COC(OCC[N+](C)(C)C)C(=O)O. The maximum Gasteiger partial charge on any atom is 0.361 e. The number of ether oxygens (including phenoxy) is 4. The van der Waals surface area contributed by atoms with Gasteiger partial charge in [-0.2, -0.15) is 0 Å². The second-order valence-corrected chi connectivity index (χ2v) is 21.3. The molecule has 0 saturated carbocycles. The van der Waals surface area contributed by atoms with Gasteiger partial charge in [-0.05, 0) is 77.0 Å². The molecular formula is C62H114NO8+. The number of unbranched alkanes of at least 4 members (excludes halogenated alkanes) is 32. The summed E-state index contributed by atoms with van der Waals surface area (Å²) < 4.78 is 22.9. The van der Waals surface area contributed by atoms with Gasteiger partial charge in [0.15, 0.2) is 6.10 Å². The highest BCUT2D eigenvalue weighted by Crippen LogP contribution is 2.16. The number of hydrogen-bond donors (Lipinski definition) is 1. The molecule has 71 heavy (non-hydrogen) atoms. The van der Waals surface area contributed by atoms with Gasteiger partial charge in [0.05, 0.1) is 34.4 Å². The molecule has 414 valence electrons. The van der Waals surface area contributed by atoms with Crippen LogP contribution in [0.3, 0.4) is 0 Å². The van der Waals surface area contributed by atoms with Crippen molar-refractivity contribution >= 4 is 17.9 Å². The van der Waals surface area contributed by atoms with Gasteiger partial charge in [-0.1, -0.05) is 229 Å². The first-order chi connectivity index (χ1) is 34.6. The average molecular weight is 1000 g/mol. The van der Waals surface area contributed by atoms with E-state index in [1.54, 1.807) is 0 Å². The Bertz CT molecular complexity index is 1300. The number of carboxylic acids is 1. The third-order valence-corrected chi connectivity index (χ3v) is 13.1. The van der Waals surface area contributed by atoms with E-state index in [0.29, 0.717) is 17.4 Å². The summed E-state index contributed by atoms with van der Waals surface area (Å²) in [5.41, 5.74) is 0. The van der Waals surface area contributed by atoms with E-state index in [1.807, 2.05) is 21.1 Å². The number of likely N-dealkylation sites (N-methyl/N-ethyl adjacent to an activating group) is 1. The van der Waals surface area contributed by atoms with Crippen LogP contribution in [0, 0.1) is 0 Å². The first kappa shape index (κ1) is 68.2. The lowest BCUT2D eigenvalue weighted by molar-refractivity contribution is -0.870. The third kappa shape index (κ3) is 54.9. The molecule has 0 aromatic carbocycles. The van der Waals surface area contributed by atoms with Crippen LogP contribution in [0.15, 0.2) is 48.6 Å². The molecule has 0 heterocycles. The lowest BCUT2D eigenvalue weighted by Crippen LogP contribution is -2.40. The third-order valence-electron chi connectivity index (χ3n) is 13.1. The molecule has 0 bridgehead atoms. The van der Waals surface area contributed by atoms with Crippen LogP contribution >= 0.6 is 0 Å². The molecule has 0 aliphatic heterocycles. The van der Waals surface area contributed by atoms with Gasteiger partial charge in [0, 0.05) is 12.8 Å². The van der Waals surface area contributed by atoms with Gasteiger partial charge < -0.3 is 28.5 Å². The van der Waals surface area contributed by atoms with Gasteiger partial charge in [0.2, 0.25) is 0 Å². The van der Waals surface area contributed by atoms with E-state index >= 15 is 0 Å². The van der Waals surface area contributed by atoms with E-state index in [2.05, 4.69) is 62.5 Å². The number of nitrogens with zero attached hydrogens (tertiary/aromatic N) is 1. The number of allylic oxidation sites excluding steroid dienone is 8. The monoisotopic (exact) mass is 1000 g/mol. The predicted molar refractivity (Wildman–Crippen MR) is 300 cm³/mol. The Kier molecular flexibility index (Phi) is 51.5. The molecule has 0 aromatic heterocycles. The molecule has 0 amide bonds. The first-order valence-corrected chi connectivity index (χ1v) is 29.8. The summed E-state index contributed by atoms with van der Waals surface area (Å²) in [5.74, 6) is -2.00. The smallest absolute Gasteiger partial charge is 0.361 e. The lowest BCUT2D eigenvalue weighted by Gasteiger charge is -2.25. The molecule has 0 aliphatic rings. The largest absolute Gasteiger partial charge is 0.477 e. The van der Waals surface area contributed by atoms with Crippen molar-refractivity contribution in [3.05, 3.63) is 48.6 Å². The fourth-order valence-corrected chi connectivity index (χ4v) is 8.43. The van der Waals surface area contributed by atoms with E-state index in [-0.39, 0.29) is 32.2 Å². The molecule has 0 rings (SSSR count). The van der Waals surface area contributed by atoms with Crippen molar-refractivity contribution in [2.75, 3.05) is 47.5 Å². The zero-order valence-corrected chi connectivity index (χ0v) is 47.1. The Balaban J connectivity index is 4.18. The quantitative estimate of drug-likeness (QED) is 0.0211. The molecule has 2 atom stereocenters. The maximum atomic E-state index is 12.9. The van der Waals surface area contributed by atoms with Crippen LogP contribution in [0.2, 0.25) is 0 Å². The Morgan fingerprint density at radius 2 is 0.761 bits per heavy atom. The first-order valence-electron chi connectivity index (χ1n) is 29.8. The molecule has 0 aliphatic carbocycles. The number of quaternary nitrogens is 1. The van der Waals surface area contributed by atoms with Gasteiger partial charge in [0.25, 0.3) is 6.29 Å². The Labute approximate surface area is 438 Å². The minimum Gasteiger partial charge on any atom is -0.477 e. The Hall–Kier alpha value is -2.75. The van der Waals surface area contributed by atoms with E-state index in [0.717, 1.165) is 51.4 Å². The maximum absolute atomic E-state index is 12.9. The van der Waals surface area contributed by atoms with Gasteiger partial charge in [-0.3, -0.25) is 9.59 Å². The fraction of sp³-hybridized carbons (Fsp3) is 0.823. The van der Waals surface area contributed by atoms with Crippen LogP contribution in [-0.2, 0) is 33.3 Å². The lowest BCUT2D eigenvalue weighted by atomic mass is 10.0. The molecule has 9 heteroatoms. The molecule has 0 spiro atoms. The van der Waals surface area contributed by atoms with Crippen molar-refractivity contribution < 1.29 is 42.9 Å². The zero-order chi connectivity index (χ0) is 52.0. The van der Waals surface area contributed by atoms with Crippen molar-refractivity contribution in [3.63, 3.8) is 0 Å². The number of rotatable bonds is 55. The van der Waals surface area contributed by atoms with Crippen molar-refractivity contribution in [1.29, 1.82) is 0 Å². The van der Waals surface area contributed by atoms with Crippen molar-refractivity contribution in [1.82, 2.24) is 0 Å². The van der Waals surface area contributed by atoms with Crippen LogP contribution in [0.25, 0.3) is 0 Å². The molecule has 1 N–H and O–H groups in total. The van der Waals surface area contributed by atoms with Gasteiger partial charge in [-0.15, -0.1) is 0 Å². The van der Waals surface area contributed by atoms with E-state index < -0.39 is 24.3 Å². The second-order valence-electron chi connectivity index (χ2n) is 21.3. The number of carbonyl (C=O) groups is 3. The summed E-state index contributed by atoms with van der Waals surface area (Å²) in [4.78, 5) is 37.4. The summed E-state index contributed by atoms with van der Waals surface area (Å²) in [7, 11) is 5.97. The van der Waals surface area contributed by atoms with Gasteiger partial charge in [0.1, 0.15) is 13.2 Å².